The lowest BCUT2D eigenvalue weighted by Gasteiger charge is -2.15. The van der Waals surface area contributed by atoms with E-state index < -0.39 is 12.2 Å². The highest BCUT2D eigenvalue weighted by molar-refractivity contribution is 9.10. The van der Waals surface area contributed by atoms with Gasteiger partial charge in [0.2, 0.25) is 0 Å². The van der Waals surface area contributed by atoms with Gasteiger partial charge in [-0.25, -0.2) is 0 Å². The molecular weight excluding hydrogens is 276 g/mol. The number of benzene rings is 1. The Labute approximate surface area is 103 Å². The monoisotopic (exact) mass is 290 g/mol. The standard InChI is InChI=1S/C11H15BrO4/c1-7(14)10-4-8(12)2-3-11(10)16-6-9(15)5-13/h2-4,7,9,13-15H,5-6H2,1H3. The van der Waals surface area contributed by atoms with Crippen LogP contribution < -0.4 is 4.74 Å². The molecule has 3 N–H and O–H groups in total. The summed E-state index contributed by atoms with van der Waals surface area (Å²) in [5, 5.41) is 27.3. The van der Waals surface area contributed by atoms with E-state index in [0.29, 0.717) is 11.3 Å². The maximum absolute atomic E-state index is 9.54. The van der Waals surface area contributed by atoms with Crippen molar-refractivity contribution in [3.8, 4) is 5.75 Å². The molecular formula is C11H15BrO4. The van der Waals surface area contributed by atoms with Gasteiger partial charge in [-0.15, -0.1) is 0 Å². The third-order valence-corrected chi connectivity index (χ3v) is 2.56. The van der Waals surface area contributed by atoms with Crippen molar-refractivity contribution in [1.29, 1.82) is 0 Å². The van der Waals surface area contributed by atoms with Gasteiger partial charge in [0.1, 0.15) is 18.5 Å². The quantitative estimate of drug-likeness (QED) is 0.763. The fourth-order valence-electron chi connectivity index (χ4n) is 1.22. The third kappa shape index (κ3) is 3.75. The number of aliphatic hydroxyl groups is 3. The first-order valence-corrected chi connectivity index (χ1v) is 5.73. The first-order chi connectivity index (χ1) is 7.54. The molecule has 0 radical (unpaired) electrons. The van der Waals surface area contributed by atoms with Crippen molar-refractivity contribution < 1.29 is 20.1 Å². The normalized spacial score (nSPS) is 14.6. The lowest BCUT2D eigenvalue weighted by molar-refractivity contribution is 0.0523. The Morgan fingerprint density at radius 2 is 2.06 bits per heavy atom. The number of hydrogen-bond acceptors (Lipinski definition) is 4. The number of halogens is 1. The molecule has 0 bridgehead atoms. The predicted octanol–water partition coefficient (Wildman–Crippen LogP) is 1.23. The summed E-state index contributed by atoms with van der Waals surface area (Å²) in [6.07, 6.45) is -1.57. The van der Waals surface area contributed by atoms with Gasteiger partial charge in [-0.1, -0.05) is 15.9 Å². The molecule has 0 saturated carbocycles. The summed E-state index contributed by atoms with van der Waals surface area (Å²) in [5.74, 6) is 0.505. The molecule has 90 valence electrons. The lowest BCUT2D eigenvalue weighted by atomic mass is 10.1. The molecule has 4 nitrogen and oxygen atoms in total. The Bertz CT molecular complexity index is 341. The van der Waals surface area contributed by atoms with Gasteiger partial charge in [0.25, 0.3) is 0 Å². The van der Waals surface area contributed by atoms with Crippen molar-refractivity contribution in [3.05, 3.63) is 28.2 Å². The first-order valence-electron chi connectivity index (χ1n) is 4.93. The van der Waals surface area contributed by atoms with Crippen LogP contribution in [0.5, 0.6) is 5.75 Å². The highest BCUT2D eigenvalue weighted by atomic mass is 79.9. The molecule has 16 heavy (non-hydrogen) atoms. The van der Waals surface area contributed by atoms with Crippen LogP contribution in [0.2, 0.25) is 0 Å². The molecule has 0 spiro atoms. The van der Waals surface area contributed by atoms with E-state index in [-0.39, 0.29) is 13.2 Å². The van der Waals surface area contributed by atoms with E-state index >= 15 is 0 Å². The van der Waals surface area contributed by atoms with Gasteiger partial charge in [0.15, 0.2) is 0 Å². The zero-order valence-electron chi connectivity index (χ0n) is 8.93. The molecule has 0 fully saturated rings. The van der Waals surface area contributed by atoms with E-state index in [1.807, 2.05) is 0 Å². The summed E-state index contributed by atoms with van der Waals surface area (Å²) in [4.78, 5) is 0. The molecule has 0 amide bonds. The van der Waals surface area contributed by atoms with Gasteiger partial charge >= 0.3 is 0 Å². The maximum atomic E-state index is 9.54. The smallest absolute Gasteiger partial charge is 0.125 e. The van der Waals surface area contributed by atoms with E-state index in [9.17, 15) is 5.11 Å². The van der Waals surface area contributed by atoms with Crippen LogP contribution in [0, 0.1) is 0 Å². The number of aliphatic hydroxyl groups excluding tert-OH is 3. The summed E-state index contributed by atoms with van der Waals surface area (Å²) in [6, 6.07) is 5.24. The zero-order valence-corrected chi connectivity index (χ0v) is 10.5. The van der Waals surface area contributed by atoms with Crippen LogP contribution >= 0.6 is 15.9 Å². The van der Waals surface area contributed by atoms with Gasteiger partial charge in [-0.2, -0.15) is 0 Å². The molecule has 5 heteroatoms. The van der Waals surface area contributed by atoms with Crippen LogP contribution in [0.25, 0.3) is 0 Å². The lowest BCUT2D eigenvalue weighted by Crippen LogP contribution is -2.21. The minimum atomic E-state index is -0.912. The summed E-state index contributed by atoms with van der Waals surface area (Å²) >= 11 is 3.30. The van der Waals surface area contributed by atoms with Crippen LogP contribution in [0.1, 0.15) is 18.6 Å². The second kappa shape index (κ2) is 6.20. The molecule has 2 atom stereocenters. The molecule has 0 aromatic heterocycles. The van der Waals surface area contributed by atoms with Crippen LogP contribution in [-0.2, 0) is 0 Å². The Hall–Kier alpha value is -0.620. The molecule has 0 heterocycles. The Morgan fingerprint density at radius 1 is 1.38 bits per heavy atom. The third-order valence-electron chi connectivity index (χ3n) is 2.06. The fourth-order valence-corrected chi connectivity index (χ4v) is 1.59. The first kappa shape index (κ1) is 13.4. The van der Waals surface area contributed by atoms with Crippen molar-refractivity contribution >= 4 is 15.9 Å². The van der Waals surface area contributed by atoms with Crippen molar-refractivity contribution in [2.24, 2.45) is 0 Å². The summed E-state index contributed by atoms with van der Waals surface area (Å²) in [7, 11) is 0. The van der Waals surface area contributed by atoms with Crippen molar-refractivity contribution in [1.82, 2.24) is 0 Å². The van der Waals surface area contributed by atoms with Gasteiger partial charge in [0.05, 0.1) is 12.7 Å². The highest BCUT2D eigenvalue weighted by Gasteiger charge is 2.11. The average molecular weight is 291 g/mol. The topological polar surface area (TPSA) is 69.9 Å². The SMILES string of the molecule is CC(O)c1cc(Br)ccc1OCC(O)CO. The molecule has 0 saturated heterocycles. The summed E-state index contributed by atoms with van der Waals surface area (Å²) in [5.41, 5.74) is 0.638. The number of hydrogen-bond donors (Lipinski definition) is 3. The van der Waals surface area contributed by atoms with Crippen LogP contribution in [0.3, 0.4) is 0 Å². The Morgan fingerprint density at radius 3 is 2.62 bits per heavy atom. The fraction of sp³-hybridized carbons (Fsp3) is 0.455. The Kier molecular flexibility index (Phi) is 5.21. The summed E-state index contributed by atoms with van der Waals surface area (Å²) < 4.78 is 6.16. The number of ether oxygens (including phenoxy) is 1. The molecule has 1 rings (SSSR count). The number of rotatable bonds is 5. The molecule has 2 unspecified atom stereocenters. The van der Waals surface area contributed by atoms with E-state index in [4.69, 9.17) is 14.9 Å². The van der Waals surface area contributed by atoms with E-state index in [2.05, 4.69) is 15.9 Å². The average Bonchev–Trinajstić information content (AvgIpc) is 2.26. The van der Waals surface area contributed by atoms with Crippen molar-refractivity contribution in [2.45, 2.75) is 19.1 Å². The van der Waals surface area contributed by atoms with E-state index in [1.165, 1.54) is 0 Å². The second-order valence-corrected chi connectivity index (χ2v) is 4.42. The van der Waals surface area contributed by atoms with Crippen molar-refractivity contribution in [2.75, 3.05) is 13.2 Å². The predicted molar refractivity (Wildman–Crippen MR) is 63.4 cm³/mol. The van der Waals surface area contributed by atoms with Crippen LogP contribution in [0.15, 0.2) is 22.7 Å². The van der Waals surface area contributed by atoms with Crippen LogP contribution in [-0.4, -0.2) is 34.6 Å². The van der Waals surface area contributed by atoms with Gasteiger partial charge in [-0.3, -0.25) is 0 Å². The van der Waals surface area contributed by atoms with Gasteiger partial charge in [-0.05, 0) is 25.1 Å². The van der Waals surface area contributed by atoms with E-state index in [1.54, 1.807) is 25.1 Å². The molecule has 1 aromatic rings. The molecule has 0 aliphatic carbocycles. The van der Waals surface area contributed by atoms with Gasteiger partial charge in [0, 0.05) is 10.0 Å². The molecule has 0 aliphatic rings. The molecule has 1 aromatic carbocycles. The van der Waals surface area contributed by atoms with Crippen LogP contribution in [0.4, 0.5) is 0 Å². The summed E-state index contributed by atoms with van der Waals surface area (Å²) in [6.45, 7) is 1.29. The highest BCUT2D eigenvalue weighted by Crippen LogP contribution is 2.28. The largest absolute Gasteiger partial charge is 0.490 e. The minimum Gasteiger partial charge on any atom is -0.490 e. The van der Waals surface area contributed by atoms with Gasteiger partial charge < -0.3 is 20.1 Å². The zero-order chi connectivity index (χ0) is 12.1. The maximum Gasteiger partial charge on any atom is 0.125 e. The minimum absolute atomic E-state index is 0.00213. The second-order valence-electron chi connectivity index (χ2n) is 3.51. The van der Waals surface area contributed by atoms with Crippen molar-refractivity contribution in [3.63, 3.8) is 0 Å². The Balaban J connectivity index is 2.78. The van der Waals surface area contributed by atoms with E-state index in [0.717, 1.165) is 4.47 Å². The molecule has 0 aliphatic heterocycles.